The molecule has 4 rings (SSSR count). The van der Waals surface area contributed by atoms with Crippen molar-refractivity contribution >= 4 is 43.8 Å². The van der Waals surface area contributed by atoms with E-state index < -0.39 is 38.1 Å². The fourth-order valence-electron chi connectivity index (χ4n) is 2.88. The fraction of sp³-hybridized carbons (Fsp3) is 0. The number of nitrogens with two attached hydrogens (primary N) is 1. The number of halogens is 4. The molecule has 0 amide bonds. The van der Waals surface area contributed by atoms with Crippen molar-refractivity contribution in [2.24, 2.45) is 0 Å². The molecule has 0 bridgehead atoms. The topological polar surface area (TPSA) is 111 Å². The van der Waals surface area contributed by atoms with Crippen molar-refractivity contribution in [1.29, 1.82) is 0 Å². The number of hydrogen-bond donors (Lipinski definition) is 2. The Morgan fingerprint density at radius 2 is 1.69 bits per heavy atom. The SMILES string of the molecule is Nc1nc(-c2cccc(NS(=O)(=O)c3c(F)cccc3F)c2F)c(-c2ccnc(Cl)n2)s1. The minimum absolute atomic E-state index is 0.0469. The van der Waals surface area contributed by atoms with E-state index >= 15 is 4.39 Å². The zero-order valence-corrected chi connectivity index (χ0v) is 18.1. The predicted octanol–water partition coefficient (Wildman–Crippen LogP) is 4.72. The molecular weight excluding hydrogens is 487 g/mol. The summed E-state index contributed by atoms with van der Waals surface area (Å²) in [7, 11) is -4.78. The van der Waals surface area contributed by atoms with Crippen molar-refractivity contribution in [2.75, 3.05) is 10.5 Å². The Hall–Kier alpha value is -3.22. The molecule has 0 aliphatic heterocycles. The molecule has 0 aliphatic carbocycles. The zero-order valence-electron chi connectivity index (χ0n) is 15.7. The highest BCUT2D eigenvalue weighted by atomic mass is 35.5. The molecule has 0 unspecified atom stereocenters. The maximum absolute atomic E-state index is 15.3. The molecule has 7 nitrogen and oxygen atoms in total. The summed E-state index contributed by atoms with van der Waals surface area (Å²) in [5, 5.41) is 0.0536. The van der Waals surface area contributed by atoms with Gasteiger partial charge in [-0.25, -0.2) is 36.5 Å². The van der Waals surface area contributed by atoms with Crippen LogP contribution in [-0.2, 0) is 10.0 Å². The van der Waals surface area contributed by atoms with E-state index in [0.717, 1.165) is 35.6 Å². The van der Waals surface area contributed by atoms with Crippen LogP contribution in [0.3, 0.4) is 0 Å². The average molecular weight is 498 g/mol. The lowest BCUT2D eigenvalue weighted by atomic mass is 10.1. The van der Waals surface area contributed by atoms with Crippen LogP contribution in [-0.4, -0.2) is 23.4 Å². The fourth-order valence-corrected chi connectivity index (χ4v) is 5.05. The minimum atomic E-state index is -4.78. The summed E-state index contributed by atoms with van der Waals surface area (Å²) in [6.07, 6.45) is 1.40. The summed E-state index contributed by atoms with van der Waals surface area (Å²) >= 11 is 6.84. The third-order valence-electron chi connectivity index (χ3n) is 4.19. The molecule has 13 heteroatoms. The van der Waals surface area contributed by atoms with Gasteiger partial charge < -0.3 is 5.73 Å². The smallest absolute Gasteiger partial charge is 0.267 e. The lowest BCUT2D eigenvalue weighted by Crippen LogP contribution is -2.17. The molecule has 0 saturated carbocycles. The van der Waals surface area contributed by atoms with Crippen molar-refractivity contribution in [2.45, 2.75) is 4.90 Å². The summed E-state index contributed by atoms with van der Waals surface area (Å²) < 4.78 is 70.3. The second-order valence-corrected chi connectivity index (χ2v) is 9.25. The molecule has 0 aliphatic rings. The Balaban J connectivity index is 1.80. The number of nitrogens with one attached hydrogen (secondary N) is 1. The largest absolute Gasteiger partial charge is 0.375 e. The number of sulfonamides is 1. The lowest BCUT2D eigenvalue weighted by Gasteiger charge is -2.12. The van der Waals surface area contributed by atoms with Gasteiger partial charge in [0.2, 0.25) is 5.28 Å². The maximum atomic E-state index is 15.3. The van der Waals surface area contributed by atoms with E-state index in [1.807, 2.05) is 4.72 Å². The maximum Gasteiger partial charge on any atom is 0.267 e. The van der Waals surface area contributed by atoms with E-state index in [1.54, 1.807) is 0 Å². The van der Waals surface area contributed by atoms with Gasteiger partial charge in [0.1, 0.15) is 11.6 Å². The van der Waals surface area contributed by atoms with Crippen LogP contribution >= 0.6 is 22.9 Å². The first-order chi connectivity index (χ1) is 15.2. The van der Waals surface area contributed by atoms with Gasteiger partial charge in [0.15, 0.2) is 15.8 Å². The van der Waals surface area contributed by atoms with Crippen LogP contribution in [0, 0.1) is 17.5 Å². The Labute approximate surface area is 188 Å². The van der Waals surface area contributed by atoms with Crippen LogP contribution in [0.15, 0.2) is 53.6 Å². The Morgan fingerprint density at radius 3 is 2.38 bits per heavy atom. The van der Waals surface area contributed by atoms with Crippen molar-refractivity contribution in [3.63, 3.8) is 0 Å². The van der Waals surface area contributed by atoms with Gasteiger partial charge in [0, 0.05) is 11.8 Å². The lowest BCUT2D eigenvalue weighted by molar-refractivity contribution is 0.521. The Kier molecular flexibility index (Phi) is 5.75. The highest BCUT2D eigenvalue weighted by Gasteiger charge is 2.26. The van der Waals surface area contributed by atoms with E-state index in [9.17, 15) is 17.2 Å². The van der Waals surface area contributed by atoms with Gasteiger partial charge >= 0.3 is 0 Å². The Morgan fingerprint density at radius 1 is 1.00 bits per heavy atom. The number of hydrogen-bond acceptors (Lipinski definition) is 7. The summed E-state index contributed by atoms with van der Waals surface area (Å²) in [5.41, 5.74) is 5.56. The van der Waals surface area contributed by atoms with Crippen LogP contribution < -0.4 is 10.5 Å². The van der Waals surface area contributed by atoms with Gasteiger partial charge in [0.25, 0.3) is 10.0 Å². The molecule has 3 N–H and O–H groups in total. The molecular formula is C19H11ClF3N5O2S2. The first-order valence-electron chi connectivity index (χ1n) is 8.68. The average Bonchev–Trinajstić information content (AvgIpc) is 3.10. The monoisotopic (exact) mass is 497 g/mol. The third-order valence-corrected chi connectivity index (χ3v) is 6.69. The molecule has 0 saturated heterocycles. The molecule has 164 valence electrons. The van der Waals surface area contributed by atoms with Gasteiger partial charge in [-0.2, -0.15) is 0 Å². The summed E-state index contributed by atoms with van der Waals surface area (Å²) in [4.78, 5) is 11.1. The van der Waals surface area contributed by atoms with E-state index in [-0.39, 0.29) is 21.7 Å². The molecule has 2 aromatic carbocycles. The first kappa shape index (κ1) is 22.0. The van der Waals surface area contributed by atoms with E-state index in [0.29, 0.717) is 10.6 Å². The van der Waals surface area contributed by atoms with E-state index in [2.05, 4.69) is 15.0 Å². The van der Waals surface area contributed by atoms with Gasteiger partial charge in [-0.1, -0.05) is 23.5 Å². The van der Waals surface area contributed by atoms with Crippen LogP contribution in [0.2, 0.25) is 5.28 Å². The number of nitrogens with zero attached hydrogens (tertiary/aromatic N) is 3. The van der Waals surface area contributed by atoms with Crippen molar-refractivity contribution < 1.29 is 21.6 Å². The summed E-state index contributed by atoms with van der Waals surface area (Å²) in [6, 6.07) is 7.89. The quantitative estimate of drug-likeness (QED) is 0.386. The number of nitrogen functional groups attached to an aromatic ring is 1. The summed E-state index contributed by atoms with van der Waals surface area (Å²) in [5.74, 6) is -3.66. The van der Waals surface area contributed by atoms with Crippen LogP contribution in [0.5, 0.6) is 0 Å². The highest BCUT2D eigenvalue weighted by molar-refractivity contribution is 7.92. The van der Waals surface area contributed by atoms with Gasteiger partial charge in [0.05, 0.1) is 22.0 Å². The van der Waals surface area contributed by atoms with Crippen molar-refractivity contribution in [3.8, 4) is 21.8 Å². The number of thiazole rings is 1. The standard InChI is InChI=1S/C19H11ClF3N5O2S2/c20-18-25-8-7-13(26-18)16-15(27-19(24)31-16)9-3-1-6-12(14(9)23)28-32(29,30)17-10(21)4-2-5-11(17)22/h1-8,28H,(H2,24,27). The molecule has 2 heterocycles. The first-order valence-corrected chi connectivity index (χ1v) is 11.4. The zero-order chi connectivity index (χ0) is 23.0. The van der Waals surface area contributed by atoms with Gasteiger partial charge in [-0.15, -0.1) is 0 Å². The second-order valence-electron chi connectivity index (χ2n) is 6.26. The number of rotatable bonds is 5. The van der Waals surface area contributed by atoms with Gasteiger partial charge in [-0.3, -0.25) is 4.72 Å². The van der Waals surface area contributed by atoms with Crippen LogP contribution in [0.1, 0.15) is 0 Å². The second kappa shape index (κ2) is 8.37. The molecule has 0 radical (unpaired) electrons. The van der Waals surface area contributed by atoms with E-state index in [4.69, 9.17) is 17.3 Å². The number of aromatic nitrogens is 3. The van der Waals surface area contributed by atoms with E-state index in [1.165, 1.54) is 24.4 Å². The van der Waals surface area contributed by atoms with Crippen LogP contribution in [0.4, 0.5) is 24.0 Å². The highest BCUT2D eigenvalue weighted by Crippen LogP contribution is 2.39. The van der Waals surface area contributed by atoms with Crippen molar-refractivity contribution in [1.82, 2.24) is 15.0 Å². The molecule has 4 aromatic rings. The molecule has 0 fully saturated rings. The molecule has 0 atom stereocenters. The van der Waals surface area contributed by atoms with Crippen molar-refractivity contribution in [3.05, 3.63) is 71.4 Å². The third kappa shape index (κ3) is 4.11. The molecule has 2 aromatic heterocycles. The predicted molar refractivity (Wildman–Crippen MR) is 115 cm³/mol. The summed E-state index contributed by atoms with van der Waals surface area (Å²) in [6.45, 7) is 0. The number of benzene rings is 2. The number of anilines is 2. The molecule has 0 spiro atoms. The van der Waals surface area contributed by atoms with Crippen LogP contribution in [0.25, 0.3) is 21.8 Å². The minimum Gasteiger partial charge on any atom is -0.375 e. The van der Waals surface area contributed by atoms with Gasteiger partial charge in [-0.05, 0) is 41.9 Å². The normalized spacial score (nSPS) is 11.5. The molecule has 32 heavy (non-hydrogen) atoms. The Bertz CT molecular complexity index is 1430.